The van der Waals surface area contributed by atoms with Gasteiger partial charge in [0.25, 0.3) is 5.91 Å². The summed E-state index contributed by atoms with van der Waals surface area (Å²) >= 11 is 0. The summed E-state index contributed by atoms with van der Waals surface area (Å²) in [5, 5.41) is 7.70. The first kappa shape index (κ1) is 22.5. The molecule has 7 nitrogen and oxygen atoms in total. The van der Waals surface area contributed by atoms with Crippen LogP contribution in [-0.4, -0.2) is 26.4 Å². The lowest BCUT2D eigenvalue weighted by atomic mass is 9.97. The Bertz CT molecular complexity index is 1020. The molecule has 2 aromatic rings. The normalized spacial score (nSPS) is 13.4. The van der Waals surface area contributed by atoms with Gasteiger partial charge in [-0.25, -0.2) is 22.7 Å². The van der Waals surface area contributed by atoms with Gasteiger partial charge in [0, 0.05) is 5.69 Å². The van der Waals surface area contributed by atoms with Gasteiger partial charge in [0.2, 0.25) is 10.0 Å². The fraction of sp³-hybridized carbons (Fsp3) is 0.300. The molecule has 0 bridgehead atoms. The second-order valence-electron chi connectivity index (χ2n) is 6.62. The molecule has 0 heterocycles. The highest BCUT2D eigenvalue weighted by atomic mass is 32.2. The van der Waals surface area contributed by atoms with Gasteiger partial charge in [-0.1, -0.05) is 32.0 Å². The molecule has 2 atom stereocenters. The quantitative estimate of drug-likeness (QED) is 0.665. The Morgan fingerprint density at radius 1 is 1.17 bits per heavy atom. The number of halogens is 1. The van der Waals surface area contributed by atoms with E-state index in [4.69, 9.17) is 9.88 Å². The van der Waals surface area contributed by atoms with E-state index in [0.717, 1.165) is 30.2 Å². The number of primary sulfonamides is 1. The third-order valence-electron chi connectivity index (χ3n) is 4.50. The number of anilines is 1. The van der Waals surface area contributed by atoms with Crippen molar-refractivity contribution in [1.82, 2.24) is 0 Å². The maximum absolute atomic E-state index is 14.0. The molecule has 0 aromatic heterocycles. The number of esters is 1. The molecule has 156 valence electrons. The fourth-order valence-electron chi connectivity index (χ4n) is 2.61. The first-order valence-electron chi connectivity index (χ1n) is 8.97. The Balaban J connectivity index is 2.16. The predicted octanol–water partition coefficient (Wildman–Crippen LogP) is 3.17. The van der Waals surface area contributed by atoms with E-state index < -0.39 is 44.3 Å². The summed E-state index contributed by atoms with van der Waals surface area (Å²) < 4.78 is 41.8. The van der Waals surface area contributed by atoms with Crippen molar-refractivity contribution in [3.8, 4) is 0 Å². The zero-order valence-electron chi connectivity index (χ0n) is 16.3. The van der Waals surface area contributed by atoms with Crippen LogP contribution in [0.4, 0.5) is 10.1 Å². The minimum Gasteiger partial charge on any atom is -0.449 e. The Morgan fingerprint density at radius 2 is 1.83 bits per heavy atom. The van der Waals surface area contributed by atoms with E-state index in [0.29, 0.717) is 5.69 Å². The number of sulfonamides is 1. The summed E-state index contributed by atoms with van der Waals surface area (Å²) in [6, 6.07) is 9.77. The highest BCUT2D eigenvalue weighted by Gasteiger charge is 2.24. The van der Waals surface area contributed by atoms with Crippen molar-refractivity contribution in [2.75, 3.05) is 5.32 Å². The number of carbonyl (C=O) groups excluding carboxylic acids is 2. The molecule has 0 radical (unpaired) electrons. The molecule has 29 heavy (non-hydrogen) atoms. The van der Waals surface area contributed by atoms with E-state index in [2.05, 4.69) is 5.32 Å². The molecule has 0 aliphatic rings. The van der Waals surface area contributed by atoms with Crippen LogP contribution in [0.15, 0.2) is 47.4 Å². The molecule has 0 saturated carbocycles. The standard InChI is InChI=1S/C20H23FN2O5S/c1-4-12(2)15-7-5-6-8-18(15)23-19(24)13(3)28-20(25)16-11-14(29(22,26)27)9-10-17(16)21/h5-13H,4H2,1-3H3,(H,23,24)(H2,22,26,27)/t12-,13-/m1/s1. The topological polar surface area (TPSA) is 116 Å². The fourth-order valence-corrected chi connectivity index (χ4v) is 3.15. The lowest BCUT2D eigenvalue weighted by Crippen LogP contribution is -2.30. The second-order valence-corrected chi connectivity index (χ2v) is 8.18. The maximum Gasteiger partial charge on any atom is 0.341 e. The van der Waals surface area contributed by atoms with E-state index >= 15 is 0 Å². The van der Waals surface area contributed by atoms with Crippen LogP contribution in [0.25, 0.3) is 0 Å². The van der Waals surface area contributed by atoms with Gasteiger partial charge in [-0.15, -0.1) is 0 Å². The minimum absolute atomic E-state index is 0.208. The molecule has 2 aromatic carbocycles. The summed E-state index contributed by atoms with van der Waals surface area (Å²) in [5.74, 6) is -2.56. The van der Waals surface area contributed by atoms with Gasteiger partial charge in [-0.3, -0.25) is 4.79 Å². The van der Waals surface area contributed by atoms with Crippen molar-refractivity contribution in [2.24, 2.45) is 5.14 Å². The lowest BCUT2D eigenvalue weighted by Gasteiger charge is -2.18. The van der Waals surface area contributed by atoms with Crippen molar-refractivity contribution in [1.29, 1.82) is 0 Å². The third kappa shape index (κ3) is 5.61. The van der Waals surface area contributed by atoms with Crippen molar-refractivity contribution < 1.29 is 27.1 Å². The van der Waals surface area contributed by atoms with Gasteiger partial charge in [0.15, 0.2) is 6.10 Å². The SMILES string of the molecule is CC[C@@H](C)c1ccccc1NC(=O)[C@@H](C)OC(=O)c1cc(S(N)(=O)=O)ccc1F. The predicted molar refractivity (Wildman–Crippen MR) is 106 cm³/mol. The van der Waals surface area contributed by atoms with Crippen LogP contribution >= 0.6 is 0 Å². The molecule has 0 unspecified atom stereocenters. The number of ether oxygens (including phenoxy) is 1. The number of nitrogens with two attached hydrogens (primary N) is 1. The third-order valence-corrected chi connectivity index (χ3v) is 5.41. The van der Waals surface area contributed by atoms with E-state index in [1.165, 1.54) is 6.92 Å². The Labute approximate surface area is 169 Å². The Hall–Kier alpha value is -2.78. The summed E-state index contributed by atoms with van der Waals surface area (Å²) in [4.78, 5) is 24.3. The average molecular weight is 422 g/mol. The number of rotatable bonds is 7. The minimum atomic E-state index is -4.13. The number of hydrogen-bond acceptors (Lipinski definition) is 5. The van der Waals surface area contributed by atoms with Crippen molar-refractivity contribution in [2.45, 2.75) is 44.1 Å². The summed E-state index contributed by atoms with van der Waals surface area (Å²) in [6.07, 6.45) is -0.373. The molecular weight excluding hydrogens is 399 g/mol. The van der Waals surface area contributed by atoms with E-state index in [-0.39, 0.29) is 5.92 Å². The number of para-hydroxylation sites is 1. The van der Waals surface area contributed by atoms with Crippen LogP contribution in [0.5, 0.6) is 0 Å². The van der Waals surface area contributed by atoms with Crippen LogP contribution in [0.3, 0.4) is 0 Å². The van der Waals surface area contributed by atoms with Crippen molar-refractivity contribution in [3.05, 3.63) is 59.4 Å². The molecule has 0 aliphatic carbocycles. The van der Waals surface area contributed by atoms with Crippen LogP contribution in [0, 0.1) is 5.82 Å². The van der Waals surface area contributed by atoms with Gasteiger partial charge in [-0.2, -0.15) is 0 Å². The Kier molecular flexibility index (Phi) is 7.10. The van der Waals surface area contributed by atoms with E-state index in [1.807, 2.05) is 26.0 Å². The van der Waals surface area contributed by atoms with Gasteiger partial charge >= 0.3 is 5.97 Å². The zero-order valence-corrected chi connectivity index (χ0v) is 17.1. The van der Waals surface area contributed by atoms with Crippen LogP contribution in [0.1, 0.15) is 49.0 Å². The monoisotopic (exact) mass is 422 g/mol. The van der Waals surface area contributed by atoms with Gasteiger partial charge < -0.3 is 10.1 Å². The number of carbonyl (C=O) groups is 2. The summed E-state index contributed by atoms with van der Waals surface area (Å²) in [7, 11) is -4.13. The van der Waals surface area contributed by atoms with Crippen molar-refractivity contribution in [3.63, 3.8) is 0 Å². The largest absolute Gasteiger partial charge is 0.449 e. The molecule has 2 rings (SSSR count). The van der Waals surface area contributed by atoms with Crippen LogP contribution in [0.2, 0.25) is 0 Å². The Morgan fingerprint density at radius 3 is 2.45 bits per heavy atom. The number of nitrogens with one attached hydrogen (secondary N) is 1. The zero-order chi connectivity index (χ0) is 21.8. The molecule has 0 aliphatic heterocycles. The average Bonchev–Trinajstić information content (AvgIpc) is 2.67. The maximum atomic E-state index is 14.0. The molecule has 0 saturated heterocycles. The highest BCUT2D eigenvalue weighted by molar-refractivity contribution is 7.89. The van der Waals surface area contributed by atoms with Gasteiger partial charge in [0.05, 0.1) is 10.5 Å². The van der Waals surface area contributed by atoms with Crippen molar-refractivity contribution >= 4 is 27.6 Å². The molecule has 0 spiro atoms. The first-order chi connectivity index (χ1) is 13.5. The number of amides is 1. The molecule has 1 amide bonds. The number of benzene rings is 2. The molecule has 3 N–H and O–H groups in total. The smallest absolute Gasteiger partial charge is 0.341 e. The van der Waals surface area contributed by atoms with E-state index in [1.54, 1.807) is 12.1 Å². The van der Waals surface area contributed by atoms with E-state index in [9.17, 15) is 22.4 Å². The summed E-state index contributed by atoms with van der Waals surface area (Å²) in [6.45, 7) is 5.38. The second kappa shape index (κ2) is 9.15. The van der Waals surface area contributed by atoms with Gasteiger partial charge in [0.1, 0.15) is 5.82 Å². The molecule has 0 fully saturated rings. The van der Waals surface area contributed by atoms with Crippen LogP contribution in [-0.2, 0) is 19.6 Å². The van der Waals surface area contributed by atoms with Crippen LogP contribution < -0.4 is 10.5 Å². The lowest BCUT2D eigenvalue weighted by molar-refractivity contribution is -0.123. The molecule has 9 heteroatoms. The first-order valence-corrected chi connectivity index (χ1v) is 10.5. The highest BCUT2D eigenvalue weighted by Crippen LogP contribution is 2.26. The molecular formula is C20H23FN2O5S. The number of hydrogen-bond donors (Lipinski definition) is 2. The summed E-state index contributed by atoms with van der Waals surface area (Å²) in [5.41, 5.74) is 0.905. The van der Waals surface area contributed by atoms with Gasteiger partial charge in [-0.05, 0) is 49.1 Å².